The zero-order valence-electron chi connectivity index (χ0n) is 12.1. The van der Waals surface area contributed by atoms with E-state index in [9.17, 15) is 18.3 Å². The standard InChI is InChI=1S/C12H25NO5S/c1-12(2,3)8-10(14)9-13-19(16,17)7-5-6-11(15)18-4/h10,13-14H,5-9H2,1-4H3. The monoisotopic (exact) mass is 295 g/mol. The number of hydrogen-bond donors (Lipinski definition) is 2. The number of carbonyl (C=O) groups excluding carboxylic acids is 1. The van der Waals surface area contributed by atoms with Crippen molar-refractivity contribution in [3.8, 4) is 0 Å². The van der Waals surface area contributed by atoms with Crippen LogP contribution in [0.15, 0.2) is 0 Å². The topological polar surface area (TPSA) is 92.7 Å². The van der Waals surface area contributed by atoms with Gasteiger partial charge in [-0.1, -0.05) is 20.8 Å². The van der Waals surface area contributed by atoms with E-state index in [2.05, 4.69) is 9.46 Å². The molecule has 0 amide bonds. The average Bonchev–Trinajstić information content (AvgIpc) is 2.24. The van der Waals surface area contributed by atoms with Gasteiger partial charge in [0.1, 0.15) is 0 Å². The molecule has 0 aromatic carbocycles. The van der Waals surface area contributed by atoms with E-state index in [1.165, 1.54) is 7.11 Å². The van der Waals surface area contributed by atoms with Gasteiger partial charge >= 0.3 is 5.97 Å². The van der Waals surface area contributed by atoms with Gasteiger partial charge in [0.05, 0.1) is 19.0 Å². The molecule has 19 heavy (non-hydrogen) atoms. The maximum Gasteiger partial charge on any atom is 0.305 e. The summed E-state index contributed by atoms with van der Waals surface area (Å²) in [6.45, 7) is 5.92. The molecule has 0 heterocycles. The number of aliphatic hydroxyl groups excluding tert-OH is 1. The first-order chi connectivity index (χ1) is 8.56. The van der Waals surface area contributed by atoms with Crippen molar-refractivity contribution in [2.75, 3.05) is 19.4 Å². The molecule has 0 saturated heterocycles. The summed E-state index contributed by atoms with van der Waals surface area (Å²) in [6, 6.07) is 0. The van der Waals surface area contributed by atoms with Crippen molar-refractivity contribution in [3.05, 3.63) is 0 Å². The molecule has 0 aliphatic heterocycles. The number of rotatable bonds is 8. The molecule has 0 fully saturated rings. The highest BCUT2D eigenvalue weighted by atomic mass is 32.2. The van der Waals surface area contributed by atoms with Gasteiger partial charge in [-0.2, -0.15) is 0 Å². The normalized spacial score (nSPS) is 14.2. The smallest absolute Gasteiger partial charge is 0.305 e. The number of nitrogens with one attached hydrogen (secondary N) is 1. The van der Waals surface area contributed by atoms with Crippen LogP contribution in [-0.4, -0.2) is 45.0 Å². The molecule has 0 aromatic heterocycles. The van der Waals surface area contributed by atoms with Crippen LogP contribution in [-0.2, 0) is 19.6 Å². The Morgan fingerprint density at radius 3 is 2.42 bits per heavy atom. The quantitative estimate of drug-likeness (QED) is 0.642. The lowest BCUT2D eigenvalue weighted by atomic mass is 9.89. The van der Waals surface area contributed by atoms with Crippen molar-refractivity contribution >= 4 is 16.0 Å². The van der Waals surface area contributed by atoms with Crippen LogP contribution in [0.2, 0.25) is 0 Å². The van der Waals surface area contributed by atoms with E-state index >= 15 is 0 Å². The molecule has 0 spiro atoms. The van der Waals surface area contributed by atoms with Gasteiger partial charge < -0.3 is 9.84 Å². The van der Waals surface area contributed by atoms with E-state index in [1.807, 2.05) is 20.8 Å². The molecule has 6 nitrogen and oxygen atoms in total. The first kappa shape index (κ1) is 18.3. The molecule has 0 radical (unpaired) electrons. The zero-order chi connectivity index (χ0) is 15.1. The molecule has 2 N–H and O–H groups in total. The van der Waals surface area contributed by atoms with Gasteiger partial charge in [-0.25, -0.2) is 13.1 Å². The second kappa shape index (κ2) is 7.81. The highest BCUT2D eigenvalue weighted by molar-refractivity contribution is 7.89. The molecule has 0 rings (SSSR count). The predicted molar refractivity (Wildman–Crippen MR) is 73.1 cm³/mol. The number of hydrogen-bond acceptors (Lipinski definition) is 5. The molecule has 0 aliphatic carbocycles. The minimum Gasteiger partial charge on any atom is -0.469 e. The molecule has 7 heteroatoms. The second-order valence-corrected chi connectivity index (χ2v) is 7.69. The summed E-state index contributed by atoms with van der Waals surface area (Å²) >= 11 is 0. The van der Waals surface area contributed by atoms with Gasteiger partial charge in [0.2, 0.25) is 10.0 Å². The van der Waals surface area contributed by atoms with Gasteiger partial charge in [0, 0.05) is 13.0 Å². The Balaban J connectivity index is 4.00. The molecule has 0 bridgehead atoms. The van der Waals surface area contributed by atoms with Crippen molar-refractivity contribution in [2.24, 2.45) is 5.41 Å². The molecule has 1 atom stereocenters. The fourth-order valence-corrected chi connectivity index (χ4v) is 2.70. The zero-order valence-corrected chi connectivity index (χ0v) is 12.9. The van der Waals surface area contributed by atoms with Gasteiger partial charge in [0.15, 0.2) is 0 Å². The summed E-state index contributed by atoms with van der Waals surface area (Å²) < 4.78 is 30.0. The van der Waals surface area contributed by atoms with Crippen LogP contribution < -0.4 is 4.72 Å². The third-order valence-electron chi connectivity index (χ3n) is 2.41. The van der Waals surface area contributed by atoms with E-state index in [1.54, 1.807) is 0 Å². The molecule has 1 unspecified atom stereocenters. The average molecular weight is 295 g/mol. The summed E-state index contributed by atoms with van der Waals surface area (Å²) in [5.74, 6) is -0.576. The molecule has 114 valence electrons. The van der Waals surface area contributed by atoms with Crippen molar-refractivity contribution in [1.82, 2.24) is 4.72 Å². The Labute approximate surface area is 115 Å². The molecule has 0 aromatic rings. The Bertz CT molecular complexity index is 372. The van der Waals surface area contributed by atoms with Crippen molar-refractivity contribution in [2.45, 2.75) is 46.1 Å². The Kier molecular flexibility index (Phi) is 7.54. The highest BCUT2D eigenvalue weighted by Gasteiger charge is 2.19. The number of esters is 1. The van der Waals surface area contributed by atoms with E-state index in [0.29, 0.717) is 6.42 Å². The van der Waals surface area contributed by atoms with Crippen LogP contribution in [0, 0.1) is 5.41 Å². The van der Waals surface area contributed by atoms with Crippen LogP contribution in [0.1, 0.15) is 40.0 Å². The number of carbonyl (C=O) groups is 1. The van der Waals surface area contributed by atoms with E-state index in [4.69, 9.17) is 0 Å². The van der Waals surface area contributed by atoms with Gasteiger partial charge in [-0.15, -0.1) is 0 Å². The third-order valence-corrected chi connectivity index (χ3v) is 3.84. The predicted octanol–water partition coefficient (Wildman–Crippen LogP) is 0.656. The maximum absolute atomic E-state index is 11.6. The molecular formula is C12H25NO5S. The number of sulfonamides is 1. The molecular weight excluding hydrogens is 270 g/mol. The summed E-state index contributed by atoms with van der Waals surface area (Å²) in [6.07, 6.45) is 0.0761. The maximum atomic E-state index is 11.6. The Hall–Kier alpha value is -0.660. The minimum atomic E-state index is -3.45. The van der Waals surface area contributed by atoms with Crippen LogP contribution in [0.4, 0.5) is 0 Å². The first-order valence-electron chi connectivity index (χ1n) is 6.28. The van der Waals surface area contributed by atoms with Crippen molar-refractivity contribution < 1.29 is 23.1 Å². The fourth-order valence-electron chi connectivity index (χ4n) is 1.58. The van der Waals surface area contributed by atoms with Crippen molar-refractivity contribution in [3.63, 3.8) is 0 Å². The number of ether oxygens (including phenoxy) is 1. The minimum absolute atomic E-state index is 0.00216. The largest absolute Gasteiger partial charge is 0.469 e. The Morgan fingerprint density at radius 1 is 1.37 bits per heavy atom. The van der Waals surface area contributed by atoms with E-state index in [-0.39, 0.29) is 30.6 Å². The van der Waals surface area contributed by atoms with E-state index in [0.717, 1.165) is 0 Å². The Morgan fingerprint density at radius 2 is 1.95 bits per heavy atom. The lowest BCUT2D eigenvalue weighted by Crippen LogP contribution is -2.35. The summed E-state index contributed by atoms with van der Waals surface area (Å²) in [7, 11) is -2.19. The van der Waals surface area contributed by atoms with Crippen LogP contribution in [0.3, 0.4) is 0 Å². The highest BCUT2D eigenvalue weighted by Crippen LogP contribution is 2.20. The fraction of sp³-hybridized carbons (Fsp3) is 0.917. The lowest BCUT2D eigenvalue weighted by molar-refractivity contribution is -0.140. The van der Waals surface area contributed by atoms with Crippen molar-refractivity contribution in [1.29, 1.82) is 0 Å². The number of methoxy groups -OCH3 is 1. The number of aliphatic hydroxyl groups is 1. The van der Waals surface area contributed by atoms with Crippen LogP contribution in [0.5, 0.6) is 0 Å². The second-order valence-electron chi connectivity index (χ2n) is 5.77. The SMILES string of the molecule is COC(=O)CCCS(=O)(=O)NCC(O)CC(C)(C)C. The molecule has 0 saturated carbocycles. The first-order valence-corrected chi connectivity index (χ1v) is 7.93. The summed E-state index contributed by atoms with van der Waals surface area (Å²) in [5, 5.41) is 9.70. The lowest BCUT2D eigenvalue weighted by Gasteiger charge is -2.22. The molecule has 0 aliphatic rings. The van der Waals surface area contributed by atoms with E-state index < -0.39 is 22.1 Å². The van der Waals surface area contributed by atoms with Crippen LogP contribution >= 0.6 is 0 Å². The van der Waals surface area contributed by atoms with Gasteiger partial charge in [0.25, 0.3) is 0 Å². The summed E-state index contributed by atoms with van der Waals surface area (Å²) in [4.78, 5) is 10.8. The third kappa shape index (κ3) is 10.9. The van der Waals surface area contributed by atoms with Gasteiger partial charge in [-0.3, -0.25) is 4.79 Å². The summed E-state index contributed by atoms with van der Waals surface area (Å²) in [5.41, 5.74) is -0.0598. The van der Waals surface area contributed by atoms with Gasteiger partial charge in [-0.05, 0) is 18.3 Å². The van der Waals surface area contributed by atoms with Crippen LogP contribution in [0.25, 0.3) is 0 Å².